The monoisotopic (exact) mass is 388 g/mol. The lowest BCUT2D eigenvalue weighted by Crippen LogP contribution is -2.36. The number of halogens is 1. The second-order valence-electron chi connectivity index (χ2n) is 5.57. The number of amides is 3. The van der Waals surface area contributed by atoms with E-state index >= 15 is 0 Å². The van der Waals surface area contributed by atoms with Crippen LogP contribution in [0.4, 0.5) is 14.9 Å². The summed E-state index contributed by atoms with van der Waals surface area (Å²) < 4.78 is 12.9. The molecule has 0 bridgehead atoms. The topological polar surface area (TPSA) is 107 Å². The van der Waals surface area contributed by atoms with Crippen LogP contribution in [0.25, 0.3) is 6.08 Å². The summed E-state index contributed by atoms with van der Waals surface area (Å²) in [6.45, 7) is -0.486. The van der Waals surface area contributed by atoms with Gasteiger partial charge in [-0.3, -0.25) is 19.3 Å². The van der Waals surface area contributed by atoms with E-state index in [-0.39, 0.29) is 16.4 Å². The van der Waals surface area contributed by atoms with Crippen LogP contribution >= 0.6 is 11.8 Å². The first kappa shape index (κ1) is 18.5. The van der Waals surface area contributed by atoms with Crippen LogP contribution in [0.3, 0.4) is 0 Å². The lowest BCUT2D eigenvalue weighted by molar-refractivity contribution is -0.127. The highest BCUT2D eigenvalue weighted by Gasteiger charge is 2.36. The summed E-state index contributed by atoms with van der Waals surface area (Å²) in [5, 5.41) is 20.7. The van der Waals surface area contributed by atoms with Gasteiger partial charge in [0.05, 0.1) is 4.91 Å². The second kappa shape index (κ2) is 7.50. The van der Waals surface area contributed by atoms with Crippen molar-refractivity contribution < 1.29 is 29.0 Å². The average Bonchev–Trinajstić information content (AvgIpc) is 2.87. The first-order valence-corrected chi connectivity index (χ1v) is 8.48. The third-order valence-electron chi connectivity index (χ3n) is 3.60. The number of nitrogens with one attached hydrogen (secondary N) is 1. The highest BCUT2D eigenvalue weighted by atomic mass is 32.2. The van der Waals surface area contributed by atoms with Crippen molar-refractivity contribution in [2.75, 3.05) is 11.9 Å². The molecular formula is C18H13FN2O5S. The predicted molar refractivity (Wildman–Crippen MR) is 97.5 cm³/mol. The second-order valence-corrected chi connectivity index (χ2v) is 6.56. The van der Waals surface area contributed by atoms with E-state index in [1.807, 2.05) is 0 Å². The number of carbonyl (C=O) groups excluding carboxylic acids is 3. The van der Waals surface area contributed by atoms with Gasteiger partial charge in [-0.05, 0) is 59.8 Å². The maximum atomic E-state index is 12.9. The summed E-state index contributed by atoms with van der Waals surface area (Å²) in [7, 11) is 0. The fourth-order valence-electron chi connectivity index (χ4n) is 2.30. The number of imide groups is 1. The molecule has 0 atom stereocenters. The minimum Gasteiger partial charge on any atom is -0.504 e. The molecule has 7 nitrogen and oxygen atoms in total. The van der Waals surface area contributed by atoms with Crippen molar-refractivity contribution >= 4 is 40.6 Å². The fourth-order valence-corrected chi connectivity index (χ4v) is 3.13. The van der Waals surface area contributed by atoms with Crippen LogP contribution in [-0.2, 0) is 9.59 Å². The number of carbonyl (C=O) groups is 3. The summed E-state index contributed by atoms with van der Waals surface area (Å²) in [6.07, 6.45) is 1.38. The predicted octanol–water partition coefficient (Wildman–Crippen LogP) is 2.91. The van der Waals surface area contributed by atoms with Crippen LogP contribution < -0.4 is 5.32 Å². The van der Waals surface area contributed by atoms with Crippen LogP contribution in [-0.4, -0.2) is 38.7 Å². The van der Waals surface area contributed by atoms with Gasteiger partial charge in [0.15, 0.2) is 11.5 Å². The van der Waals surface area contributed by atoms with Crippen molar-refractivity contribution in [2.24, 2.45) is 0 Å². The number of phenolic OH excluding ortho intramolecular Hbond substituents is 2. The average molecular weight is 388 g/mol. The van der Waals surface area contributed by atoms with Crippen molar-refractivity contribution in [3.8, 4) is 11.5 Å². The molecule has 0 aliphatic carbocycles. The summed E-state index contributed by atoms with van der Waals surface area (Å²) in [5.41, 5.74) is 0.745. The Bertz CT molecular complexity index is 959. The van der Waals surface area contributed by atoms with Gasteiger partial charge in [-0.15, -0.1) is 0 Å². The van der Waals surface area contributed by atoms with E-state index in [2.05, 4.69) is 5.32 Å². The normalized spacial score (nSPS) is 15.4. The molecule has 1 aliphatic rings. The molecule has 0 radical (unpaired) electrons. The van der Waals surface area contributed by atoms with Gasteiger partial charge in [0.25, 0.3) is 11.1 Å². The van der Waals surface area contributed by atoms with Crippen LogP contribution in [0.1, 0.15) is 5.56 Å². The first-order chi connectivity index (χ1) is 12.8. The van der Waals surface area contributed by atoms with Crippen LogP contribution in [0.5, 0.6) is 11.5 Å². The van der Waals surface area contributed by atoms with Gasteiger partial charge >= 0.3 is 0 Å². The van der Waals surface area contributed by atoms with Gasteiger partial charge in [0.2, 0.25) is 5.91 Å². The quantitative estimate of drug-likeness (QED) is 0.549. The van der Waals surface area contributed by atoms with Crippen LogP contribution in [0.15, 0.2) is 47.4 Å². The molecule has 3 N–H and O–H groups in total. The molecule has 9 heteroatoms. The van der Waals surface area contributed by atoms with E-state index in [0.717, 1.165) is 4.90 Å². The molecule has 1 heterocycles. The number of anilines is 1. The van der Waals surface area contributed by atoms with E-state index < -0.39 is 29.4 Å². The number of rotatable bonds is 4. The van der Waals surface area contributed by atoms with E-state index in [4.69, 9.17) is 0 Å². The molecule has 1 aliphatic heterocycles. The van der Waals surface area contributed by atoms with Crippen molar-refractivity contribution in [1.29, 1.82) is 0 Å². The molecule has 0 spiro atoms. The maximum absolute atomic E-state index is 12.9. The Morgan fingerprint density at radius 2 is 1.81 bits per heavy atom. The lowest BCUT2D eigenvalue weighted by Gasteiger charge is -2.12. The number of phenols is 2. The van der Waals surface area contributed by atoms with Gasteiger partial charge in [-0.25, -0.2) is 4.39 Å². The third kappa shape index (κ3) is 4.26. The first-order valence-electron chi connectivity index (χ1n) is 7.66. The highest BCUT2D eigenvalue weighted by Crippen LogP contribution is 2.33. The van der Waals surface area contributed by atoms with Crippen molar-refractivity contribution in [3.05, 3.63) is 58.8 Å². The zero-order valence-electron chi connectivity index (χ0n) is 13.7. The Morgan fingerprint density at radius 1 is 1.11 bits per heavy atom. The minimum absolute atomic E-state index is 0.0830. The zero-order chi connectivity index (χ0) is 19.6. The molecule has 0 unspecified atom stereocenters. The maximum Gasteiger partial charge on any atom is 0.294 e. The summed E-state index contributed by atoms with van der Waals surface area (Å²) >= 11 is 0.662. The third-order valence-corrected chi connectivity index (χ3v) is 4.51. The molecule has 2 aromatic carbocycles. The van der Waals surface area contributed by atoms with Crippen molar-refractivity contribution in [2.45, 2.75) is 0 Å². The van der Waals surface area contributed by atoms with Gasteiger partial charge < -0.3 is 15.5 Å². The number of thioether (sulfide) groups is 1. The van der Waals surface area contributed by atoms with Crippen LogP contribution in [0, 0.1) is 5.82 Å². The Balaban J connectivity index is 1.70. The molecule has 3 rings (SSSR count). The lowest BCUT2D eigenvalue weighted by atomic mass is 10.2. The number of benzene rings is 2. The molecule has 2 aromatic rings. The number of hydrogen-bond donors (Lipinski definition) is 3. The van der Waals surface area contributed by atoms with Gasteiger partial charge in [0, 0.05) is 5.69 Å². The smallest absolute Gasteiger partial charge is 0.294 e. The van der Waals surface area contributed by atoms with Crippen molar-refractivity contribution in [1.82, 2.24) is 4.90 Å². The van der Waals surface area contributed by atoms with Gasteiger partial charge in [-0.2, -0.15) is 0 Å². The SMILES string of the molecule is O=C(CN1C(=O)S/C(=C\c2ccc(O)c(O)c2)C1=O)Nc1ccc(F)cc1. The zero-order valence-corrected chi connectivity index (χ0v) is 14.5. The largest absolute Gasteiger partial charge is 0.504 e. The standard InChI is InChI=1S/C18H13FN2O5S/c19-11-2-4-12(5-3-11)20-16(24)9-21-17(25)15(27-18(21)26)8-10-1-6-13(22)14(23)7-10/h1-8,22-23H,9H2,(H,20,24)/b15-8-. The summed E-state index contributed by atoms with van der Waals surface area (Å²) in [6, 6.07) is 9.02. The molecule has 3 amide bonds. The molecule has 0 saturated carbocycles. The van der Waals surface area contributed by atoms with E-state index in [9.17, 15) is 29.0 Å². The fraction of sp³-hybridized carbons (Fsp3) is 0.0556. The van der Waals surface area contributed by atoms with Gasteiger partial charge in [0.1, 0.15) is 12.4 Å². The number of nitrogens with zero attached hydrogens (tertiary/aromatic N) is 1. The Morgan fingerprint density at radius 3 is 2.48 bits per heavy atom. The summed E-state index contributed by atoms with van der Waals surface area (Å²) in [5.74, 6) is -2.37. The minimum atomic E-state index is -0.646. The summed E-state index contributed by atoms with van der Waals surface area (Å²) in [4.78, 5) is 37.3. The molecular weight excluding hydrogens is 375 g/mol. The van der Waals surface area contributed by atoms with Crippen molar-refractivity contribution in [3.63, 3.8) is 0 Å². The Kier molecular flexibility index (Phi) is 5.13. The molecule has 0 aromatic heterocycles. The molecule has 1 fully saturated rings. The molecule has 27 heavy (non-hydrogen) atoms. The number of aromatic hydroxyl groups is 2. The Labute approximate surface area is 157 Å². The van der Waals surface area contributed by atoms with Gasteiger partial charge in [-0.1, -0.05) is 6.07 Å². The highest BCUT2D eigenvalue weighted by molar-refractivity contribution is 8.18. The number of hydrogen-bond acceptors (Lipinski definition) is 6. The molecule has 138 valence electrons. The van der Waals surface area contributed by atoms with E-state index in [1.165, 1.54) is 48.5 Å². The molecule has 1 saturated heterocycles. The Hall–Kier alpha value is -3.33. The van der Waals surface area contributed by atoms with E-state index in [0.29, 0.717) is 23.0 Å². The van der Waals surface area contributed by atoms with E-state index in [1.54, 1.807) is 0 Å². The van der Waals surface area contributed by atoms with Crippen LogP contribution in [0.2, 0.25) is 0 Å².